The van der Waals surface area contributed by atoms with Crippen molar-refractivity contribution in [1.29, 1.82) is 0 Å². The van der Waals surface area contributed by atoms with Gasteiger partial charge < -0.3 is 4.74 Å². The van der Waals surface area contributed by atoms with Gasteiger partial charge in [-0.15, -0.1) is 0 Å². The number of hydrogen-bond donors (Lipinski definition) is 0. The lowest BCUT2D eigenvalue weighted by atomic mass is 9.90. The number of hydrogen-bond acceptors (Lipinski definition) is 2. The highest BCUT2D eigenvalue weighted by Crippen LogP contribution is 2.27. The molecule has 2 heteroatoms. The number of carbonyl (C=O) groups is 1. The normalized spacial score (nSPS) is 33.7. The Kier molecular flexibility index (Phi) is 4.18. The van der Waals surface area contributed by atoms with Crippen LogP contribution in [0.4, 0.5) is 0 Å². The van der Waals surface area contributed by atoms with Crippen LogP contribution in [0, 0.1) is 5.92 Å². The van der Waals surface area contributed by atoms with Crippen LogP contribution < -0.4 is 0 Å². The molecule has 2 unspecified atom stereocenters. The van der Waals surface area contributed by atoms with E-state index in [0.717, 1.165) is 32.3 Å². The molecular weight excluding hydrogens is 188 g/mol. The summed E-state index contributed by atoms with van der Waals surface area (Å²) in [7, 11) is 0. The molecule has 2 rings (SSSR count). The number of ketones is 1. The van der Waals surface area contributed by atoms with Crippen molar-refractivity contribution in [2.45, 2.75) is 63.9 Å². The highest BCUT2D eigenvalue weighted by Gasteiger charge is 2.25. The van der Waals surface area contributed by atoms with Gasteiger partial charge in [0.2, 0.25) is 0 Å². The zero-order valence-corrected chi connectivity index (χ0v) is 9.54. The van der Waals surface area contributed by atoms with E-state index in [-0.39, 0.29) is 0 Å². The van der Waals surface area contributed by atoms with Crippen LogP contribution in [0.3, 0.4) is 0 Å². The van der Waals surface area contributed by atoms with Crippen LogP contribution >= 0.6 is 0 Å². The molecule has 86 valence electrons. The van der Waals surface area contributed by atoms with Gasteiger partial charge in [0.15, 0.2) is 0 Å². The number of ether oxygens (including phenoxy) is 1. The van der Waals surface area contributed by atoms with E-state index < -0.39 is 0 Å². The van der Waals surface area contributed by atoms with Crippen LogP contribution in [-0.4, -0.2) is 18.5 Å². The fourth-order valence-electron chi connectivity index (χ4n) is 2.79. The Morgan fingerprint density at radius 3 is 2.73 bits per heavy atom. The van der Waals surface area contributed by atoms with Gasteiger partial charge in [-0.3, -0.25) is 4.79 Å². The summed E-state index contributed by atoms with van der Waals surface area (Å²) in [4.78, 5) is 11.8. The number of Topliss-reactive ketones (excluding diaryl/α,β-unsaturated/α-hetero) is 1. The molecule has 0 aromatic heterocycles. The van der Waals surface area contributed by atoms with E-state index in [4.69, 9.17) is 4.74 Å². The fourth-order valence-corrected chi connectivity index (χ4v) is 2.79. The molecule has 2 atom stereocenters. The smallest absolute Gasteiger partial charge is 0.136 e. The topological polar surface area (TPSA) is 26.3 Å². The zero-order chi connectivity index (χ0) is 10.5. The molecule has 2 nitrogen and oxygen atoms in total. The fraction of sp³-hybridized carbons (Fsp3) is 0.923. The van der Waals surface area contributed by atoms with E-state index in [9.17, 15) is 4.79 Å². The largest absolute Gasteiger partial charge is 0.378 e. The van der Waals surface area contributed by atoms with Gasteiger partial charge in [0.1, 0.15) is 5.78 Å². The van der Waals surface area contributed by atoms with E-state index in [1.54, 1.807) is 0 Å². The van der Waals surface area contributed by atoms with E-state index in [1.807, 2.05) is 0 Å². The standard InChI is InChI=1S/C13H22O2/c14-13-8-3-1-2-6-11(13)10-12-7-4-5-9-15-12/h11-12H,1-10H2. The van der Waals surface area contributed by atoms with Crippen molar-refractivity contribution in [2.24, 2.45) is 5.92 Å². The lowest BCUT2D eigenvalue weighted by molar-refractivity contribution is -0.124. The Labute approximate surface area is 92.4 Å². The third-order valence-electron chi connectivity index (χ3n) is 3.75. The second kappa shape index (κ2) is 5.64. The Hall–Kier alpha value is -0.370. The van der Waals surface area contributed by atoms with Gasteiger partial charge in [-0.2, -0.15) is 0 Å². The molecule has 0 aromatic carbocycles. The molecular formula is C13H22O2. The average molecular weight is 210 g/mol. The molecule has 2 aliphatic rings. The van der Waals surface area contributed by atoms with Crippen molar-refractivity contribution in [3.8, 4) is 0 Å². The summed E-state index contributed by atoms with van der Waals surface area (Å²) in [5.41, 5.74) is 0. The molecule has 1 aliphatic heterocycles. The molecule has 0 spiro atoms. The molecule has 2 fully saturated rings. The molecule has 1 saturated heterocycles. The van der Waals surface area contributed by atoms with Gasteiger partial charge in [0, 0.05) is 18.9 Å². The first kappa shape index (κ1) is 11.1. The van der Waals surface area contributed by atoms with Crippen molar-refractivity contribution in [3.05, 3.63) is 0 Å². The predicted octanol–water partition coefficient (Wildman–Crippen LogP) is 3.10. The first-order valence-corrected chi connectivity index (χ1v) is 6.50. The lowest BCUT2D eigenvalue weighted by Gasteiger charge is -2.25. The van der Waals surface area contributed by atoms with Crippen molar-refractivity contribution in [1.82, 2.24) is 0 Å². The average Bonchev–Trinajstić information content (AvgIpc) is 2.46. The summed E-state index contributed by atoms with van der Waals surface area (Å²) >= 11 is 0. The van der Waals surface area contributed by atoms with E-state index in [2.05, 4.69) is 0 Å². The molecule has 15 heavy (non-hydrogen) atoms. The lowest BCUT2D eigenvalue weighted by Crippen LogP contribution is -2.25. The molecule has 0 aromatic rings. The molecule has 1 heterocycles. The van der Waals surface area contributed by atoms with Gasteiger partial charge in [0.25, 0.3) is 0 Å². The van der Waals surface area contributed by atoms with Crippen LogP contribution in [-0.2, 0) is 9.53 Å². The second-order valence-corrected chi connectivity index (χ2v) is 4.99. The minimum absolute atomic E-state index is 0.315. The van der Waals surface area contributed by atoms with Crippen LogP contribution in [0.2, 0.25) is 0 Å². The maximum absolute atomic E-state index is 11.8. The van der Waals surface area contributed by atoms with Gasteiger partial charge in [-0.1, -0.05) is 12.8 Å². The first-order chi connectivity index (χ1) is 7.36. The SMILES string of the molecule is O=C1CCCCCC1CC1CCCCO1. The highest BCUT2D eigenvalue weighted by molar-refractivity contribution is 5.81. The molecule has 0 N–H and O–H groups in total. The summed E-state index contributed by atoms with van der Waals surface area (Å²) < 4.78 is 5.72. The molecule has 0 radical (unpaired) electrons. The minimum Gasteiger partial charge on any atom is -0.378 e. The van der Waals surface area contributed by atoms with E-state index >= 15 is 0 Å². The third kappa shape index (κ3) is 3.30. The van der Waals surface area contributed by atoms with Crippen molar-refractivity contribution in [2.75, 3.05) is 6.61 Å². The second-order valence-electron chi connectivity index (χ2n) is 4.99. The highest BCUT2D eigenvalue weighted by atomic mass is 16.5. The van der Waals surface area contributed by atoms with Gasteiger partial charge in [-0.25, -0.2) is 0 Å². The van der Waals surface area contributed by atoms with E-state index in [0.29, 0.717) is 17.8 Å². The maximum Gasteiger partial charge on any atom is 0.136 e. The summed E-state index contributed by atoms with van der Waals surface area (Å²) in [5.74, 6) is 0.817. The number of carbonyl (C=O) groups excluding carboxylic acids is 1. The summed E-state index contributed by atoms with van der Waals surface area (Å²) in [6.07, 6.45) is 10.6. The molecule has 0 amide bonds. The minimum atomic E-state index is 0.315. The van der Waals surface area contributed by atoms with Crippen LogP contribution in [0.25, 0.3) is 0 Å². The Balaban J connectivity index is 1.82. The molecule has 1 aliphatic carbocycles. The maximum atomic E-state index is 11.8. The third-order valence-corrected chi connectivity index (χ3v) is 3.75. The zero-order valence-electron chi connectivity index (χ0n) is 9.54. The van der Waals surface area contributed by atoms with Crippen LogP contribution in [0.5, 0.6) is 0 Å². The Bertz CT molecular complexity index is 207. The van der Waals surface area contributed by atoms with Gasteiger partial charge in [0.05, 0.1) is 6.10 Å². The van der Waals surface area contributed by atoms with Crippen LogP contribution in [0.15, 0.2) is 0 Å². The van der Waals surface area contributed by atoms with Crippen molar-refractivity contribution < 1.29 is 9.53 Å². The summed E-state index contributed by atoms with van der Waals surface area (Å²) in [5, 5.41) is 0. The Morgan fingerprint density at radius 1 is 1.07 bits per heavy atom. The Morgan fingerprint density at radius 2 is 1.93 bits per heavy atom. The summed E-state index contributed by atoms with van der Waals surface area (Å²) in [6, 6.07) is 0. The monoisotopic (exact) mass is 210 g/mol. The van der Waals surface area contributed by atoms with Crippen molar-refractivity contribution >= 4 is 5.78 Å². The van der Waals surface area contributed by atoms with E-state index in [1.165, 1.54) is 32.1 Å². The first-order valence-electron chi connectivity index (χ1n) is 6.50. The predicted molar refractivity (Wildman–Crippen MR) is 59.8 cm³/mol. The number of rotatable bonds is 2. The van der Waals surface area contributed by atoms with Gasteiger partial charge >= 0.3 is 0 Å². The van der Waals surface area contributed by atoms with Gasteiger partial charge in [-0.05, 0) is 38.5 Å². The quantitative estimate of drug-likeness (QED) is 0.655. The molecule has 1 saturated carbocycles. The summed E-state index contributed by atoms with van der Waals surface area (Å²) in [6.45, 7) is 0.908. The molecule has 0 bridgehead atoms. The van der Waals surface area contributed by atoms with Crippen molar-refractivity contribution in [3.63, 3.8) is 0 Å². The van der Waals surface area contributed by atoms with Crippen LogP contribution in [0.1, 0.15) is 57.8 Å².